The van der Waals surface area contributed by atoms with Crippen LogP contribution in [0.2, 0.25) is 0 Å². The average molecular weight is 536 g/mol. The summed E-state index contributed by atoms with van der Waals surface area (Å²) in [6.07, 6.45) is 0.846. The van der Waals surface area contributed by atoms with Gasteiger partial charge in [0.2, 0.25) is 11.9 Å². The highest BCUT2D eigenvalue weighted by atomic mass is 32.2. The van der Waals surface area contributed by atoms with Gasteiger partial charge in [-0.1, -0.05) is 11.8 Å². The van der Waals surface area contributed by atoms with Crippen LogP contribution in [0.3, 0.4) is 0 Å². The molecule has 0 aromatic carbocycles. The van der Waals surface area contributed by atoms with E-state index in [0.29, 0.717) is 17.6 Å². The molecule has 0 radical (unpaired) electrons. The van der Waals surface area contributed by atoms with Crippen molar-refractivity contribution in [3.8, 4) is 11.4 Å². The van der Waals surface area contributed by atoms with Crippen LogP contribution in [0.1, 0.15) is 31.4 Å². The summed E-state index contributed by atoms with van der Waals surface area (Å²) in [5.74, 6) is -2.07. The summed E-state index contributed by atoms with van der Waals surface area (Å²) in [6.45, 7) is 4.80. The summed E-state index contributed by atoms with van der Waals surface area (Å²) >= 11 is 0. The van der Waals surface area contributed by atoms with Gasteiger partial charge in [0.15, 0.2) is 21.3 Å². The van der Waals surface area contributed by atoms with Gasteiger partial charge < -0.3 is 10.1 Å². The van der Waals surface area contributed by atoms with E-state index in [1.807, 2.05) is 0 Å². The van der Waals surface area contributed by atoms with Gasteiger partial charge in [-0.2, -0.15) is 4.39 Å². The van der Waals surface area contributed by atoms with Crippen molar-refractivity contribution >= 4 is 33.3 Å². The number of hydrogen-bond donors (Lipinski definition) is 2. The number of sulfone groups is 1. The summed E-state index contributed by atoms with van der Waals surface area (Å²) in [7, 11) is -1.91. The lowest BCUT2D eigenvalue weighted by molar-refractivity contribution is -0.116. The number of anilines is 2. The molecule has 0 bridgehead atoms. The van der Waals surface area contributed by atoms with E-state index in [2.05, 4.69) is 37.5 Å². The zero-order chi connectivity index (χ0) is 27.3. The molecule has 15 heteroatoms. The lowest BCUT2D eigenvalue weighted by Gasteiger charge is -2.15. The quantitative estimate of drug-likeness (QED) is 0.393. The van der Waals surface area contributed by atoms with Crippen LogP contribution in [0.15, 0.2) is 42.1 Å². The molecule has 12 nitrogen and oxygen atoms in total. The van der Waals surface area contributed by atoms with Crippen molar-refractivity contribution in [2.24, 2.45) is 7.05 Å². The lowest BCUT2D eigenvalue weighted by Crippen LogP contribution is -2.19. The summed E-state index contributed by atoms with van der Waals surface area (Å²) in [6, 6.07) is 3.93. The molecular formula is C22H23F2N7O5S. The molecule has 1 atom stereocenters. The maximum atomic E-state index is 13.9. The molecule has 3 aromatic rings. The first kappa shape index (κ1) is 27.3. The van der Waals surface area contributed by atoms with E-state index in [0.717, 1.165) is 12.3 Å². The molecule has 0 aliphatic carbocycles. The Morgan fingerprint density at radius 3 is 2.54 bits per heavy atom. The van der Waals surface area contributed by atoms with Crippen molar-refractivity contribution in [2.45, 2.75) is 25.9 Å². The van der Waals surface area contributed by atoms with Crippen LogP contribution in [0.25, 0.3) is 11.4 Å². The van der Waals surface area contributed by atoms with Gasteiger partial charge in [-0.25, -0.2) is 27.3 Å². The van der Waals surface area contributed by atoms with Crippen molar-refractivity contribution in [3.63, 3.8) is 0 Å². The number of carbonyl (C=O) groups excluding carboxylic acids is 2. The standard InChI is InChI=1S/C22H23F2N7O5S/c1-12(37(4,34)35)5-8-18(32)27-15-6-7-17(25-11-15)19-21(31(3)30-29-19)28-22(33)36-13(2)16-9-14(23)10-26-20(16)24/h6-7,9-11,13H,1,5,8H2,2-4H3,(H,27,32)(H,28,33)/t13-/m1/s1. The zero-order valence-corrected chi connectivity index (χ0v) is 20.8. The molecule has 2 N–H and O–H groups in total. The van der Waals surface area contributed by atoms with Gasteiger partial charge in [0.05, 0.1) is 29.3 Å². The minimum absolute atomic E-state index is 0.0120. The number of rotatable bonds is 9. The highest BCUT2D eigenvalue weighted by Gasteiger charge is 2.21. The number of amides is 2. The van der Waals surface area contributed by atoms with Crippen molar-refractivity contribution in [1.82, 2.24) is 25.0 Å². The minimum Gasteiger partial charge on any atom is -0.441 e. The topological polar surface area (TPSA) is 158 Å². The van der Waals surface area contributed by atoms with E-state index in [4.69, 9.17) is 4.74 Å². The first-order chi connectivity index (χ1) is 17.3. The van der Waals surface area contributed by atoms with E-state index in [1.54, 1.807) is 0 Å². The Morgan fingerprint density at radius 1 is 1.16 bits per heavy atom. The van der Waals surface area contributed by atoms with E-state index in [1.165, 1.54) is 37.0 Å². The molecule has 3 heterocycles. The Kier molecular flexibility index (Phi) is 8.27. The largest absolute Gasteiger partial charge is 0.441 e. The Labute approximate surface area is 210 Å². The fourth-order valence-corrected chi connectivity index (χ4v) is 3.49. The molecule has 0 aliphatic heterocycles. The van der Waals surface area contributed by atoms with Gasteiger partial charge in [-0.05, 0) is 31.5 Å². The molecule has 3 rings (SSSR count). The van der Waals surface area contributed by atoms with Crippen molar-refractivity contribution in [1.29, 1.82) is 0 Å². The Balaban J connectivity index is 1.65. The maximum absolute atomic E-state index is 13.9. The third kappa shape index (κ3) is 7.13. The Morgan fingerprint density at radius 2 is 1.89 bits per heavy atom. The van der Waals surface area contributed by atoms with E-state index < -0.39 is 39.7 Å². The number of carbonyl (C=O) groups is 2. The first-order valence-electron chi connectivity index (χ1n) is 10.7. The van der Waals surface area contributed by atoms with Gasteiger partial charge >= 0.3 is 6.09 Å². The van der Waals surface area contributed by atoms with E-state index in [-0.39, 0.29) is 34.8 Å². The number of ether oxygens (including phenoxy) is 1. The van der Waals surface area contributed by atoms with Crippen LogP contribution < -0.4 is 10.6 Å². The number of aromatic nitrogens is 5. The number of halogens is 2. The number of pyridine rings is 2. The molecule has 0 saturated carbocycles. The summed E-state index contributed by atoms with van der Waals surface area (Å²) in [5, 5.41) is 12.9. The van der Waals surface area contributed by atoms with E-state index >= 15 is 0 Å². The smallest absolute Gasteiger partial charge is 0.413 e. The van der Waals surface area contributed by atoms with Gasteiger partial charge in [-0.3, -0.25) is 15.1 Å². The van der Waals surface area contributed by atoms with Crippen LogP contribution >= 0.6 is 0 Å². The number of nitrogens with one attached hydrogen (secondary N) is 2. The number of hydrogen-bond acceptors (Lipinski definition) is 9. The SMILES string of the molecule is C=C(CCC(=O)Nc1ccc(-c2nnn(C)c2NC(=O)O[C@H](C)c2cc(F)cnc2F)nc1)S(C)(=O)=O. The molecule has 0 saturated heterocycles. The molecule has 0 unspecified atom stereocenters. The summed E-state index contributed by atoms with van der Waals surface area (Å²) in [5.41, 5.74) is 0.572. The number of nitrogens with zero attached hydrogens (tertiary/aromatic N) is 5. The monoisotopic (exact) mass is 535 g/mol. The van der Waals surface area contributed by atoms with Gasteiger partial charge in [-0.15, -0.1) is 5.10 Å². The first-order valence-corrected chi connectivity index (χ1v) is 12.6. The second-order valence-corrected chi connectivity index (χ2v) is 10.0. The predicted octanol–water partition coefficient (Wildman–Crippen LogP) is 3.14. The van der Waals surface area contributed by atoms with Crippen molar-refractivity contribution in [3.05, 3.63) is 59.4 Å². The van der Waals surface area contributed by atoms with E-state index in [9.17, 15) is 26.8 Å². The van der Waals surface area contributed by atoms with Crippen molar-refractivity contribution in [2.75, 3.05) is 16.9 Å². The van der Waals surface area contributed by atoms with Crippen LogP contribution in [0, 0.1) is 11.8 Å². The predicted molar refractivity (Wildman–Crippen MR) is 129 cm³/mol. The molecule has 0 spiro atoms. The zero-order valence-electron chi connectivity index (χ0n) is 20.0. The fraction of sp³-hybridized carbons (Fsp3) is 0.273. The minimum atomic E-state index is -3.42. The summed E-state index contributed by atoms with van der Waals surface area (Å²) < 4.78 is 56.4. The highest BCUT2D eigenvalue weighted by Crippen LogP contribution is 2.26. The second-order valence-electron chi connectivity index (χ2n) is 7.91. The number of allylic oxidation sites excluding steroid dienone is 1. The van der Waals surface area contributed by atoms with Crippen LogP contribution in [-0.4, -0.2) is 51.6 Å². The van der Waals surface area contributed by atoms with Gasteiger partial charge in [0.1, 0.15) is 11.9 Å². The van der Waals surface area contributed by atoms with Crippen LogP contribution in [-0.2, 0) is 26.4 Å². The third-order valence-electron chi connectivity index (χ3n) is 5.05. The molecule has 196 valence electrons. The molecule has 0 aliphatic rings. The molecule has 2 amide bonds. The van der Waals surface area contributed by atoms with Crippen LogP contribution in [0.5, 0.6) is 0 Å². The lowest BCUT2D eigenvalue weighted by atomic mass is 10.2. The van der Waals surface area contributed by atoms with Gasteiger partial charge in [0, 0.05) is 24.6 Å². The molecular weight excluding hydrogens is 512 g/mol. The maximum Gasteiger partial charge on any atom is 0.413 e. The third-order valence-corrected chi connectivity index (χ3v) is 6.30. The molecule has 37 heavy (non-hydrogen) atoms. The second kappa shape index (κ2) is 11.2. The molecule has 3 aromatic heterocycles. The summed E-state index contributed by atoms with van der Waals surface area (Å²) in [4.78, 5) is 32.0. The fourth-order valence-electron chi connectivity index (χ4n) is 3.01. The molecule has 0 fully saturated rings. The van der Waals surface area contributed by atoms with Crippen LogP contribution in [0.4, 0.5) is 25.1 Å². The van der Waals surface area contributed by atoms with Gasteiger partial charge in [0.25, 0.3) is 0 Å². The average Bonchev–Trinajstić information content (AvgIpc) is 3.18. The Hall–Kier alpha value is -4.27. The Bertz CT molecular complexity index is 1440. The van der Waals surface area contributed by atoms with Crippen molar-refractivity contribution < 1.29 is 31.5 Å². The highest BCUT2D eigenvalue weighted by molar-refractivity contribution is 7.94. The normalized spacial score (nSPS) is 12.0. The number of aryl methyl sites for hydroxylation is 1.